The molecule has 0 unspecified atom stereocenters. The molecular formula is C11H14N4. The van der Waals surface area contributed by atoms with Crippen molar-refractivity contribution >= 4 is 16.7 Å². The summed E-state index contributed by atoms with van der Waals surface area (Å²) in [7, 11) is 1.99. The van der Waals surface area contributed by atoms with Crippen molar-refractivity contribution in [2.75, 3.05) is 25.0 Å². The molecule has 4 heteroatoms. The van der Waals surface area contributed by atoms with Crippen LogP contribution in [-0.2, 0) is 0 Å². The second-order valence-electron chi connectivity index (χ2n) is 3.42. The van der Waals surface area contributed by atoms with Crippen LogP contribution in [0.3, 0.4) is 0 Å². The van der Waals surface area contributed by atoms with E-state index in [4.69, 9.17) is 5.73 Å². The molecule has 0 amide bonds. The summed E-state index contributed by atoms with van der Waals surface area (Å²) in [6.45, 7) is 1.41. The van der Waals surface area contributed by atoms with Gasteiger partial charge in [0.25, 0.3) is 0 Å². The SMILES string of the molecule is CN(CCN)c1ncnc2ccccc12. The lowest BCUT2D eigenvalue weighted by Crippen LogP contribution is -2.26. The Hall–Kier alpha value is -1.68. The third-order valence-corrected chi connectivity index (χ3v) is 2.35. The molecule has 0 spiro atoms. The normalized spacial score (nSPS) is 10.5. The molecule has 0 fully saturated rings. The maximum atomic E-state index is 5.53. The first-order valence-corrected chi connectivity index (χ1v) is 4.94. The largest absolute Gasteiger partial charge is 0.358 e. The Morgan fingerprint density at radius 2 is 2.07 bits per heavy atom. The molecule has 0 aliphatic rings. The van der Waals surface area contributed by atoms with E-state index in [1.807, 2.05) is 36.2 Å². The number of hydrogen-bond acceptors (Lipinski definition) is 4. The number of likely N-dealkylation sites (N-methyl/N-ethyl adjacent to an activating group) is 1. The van der Waals surface area contributed by atoms with Crippen molar-refractivity contribution in [1.29, 1.82) is 0 Å². The minimum absolute atomic E-state index is 0.620. The molecule has 1 aromatic heterocycles. The first-order valence-electron chi connectivity index (χ1n) is 4.94. The number of anilines is 1. The van der Waals surface area contributed by atoms with E-state index in [0.717, 1.165) is 23.3 Å². The summed E-state index contributed by atoms with van der Waals surface area (Å²) in [6.07, 6.45) is 1.59. The van der Waals surface area contributed by atoms with Crippen LogP contribution in [0.4, 0.5) is 5.82 Å². The van der Waals surface area contributed by atoms with Gasteiger partial charge in [0.1, 0.15) is 12.1 Å². The average molecular weight is 202 g/mol. The molecule has 0 atom stereocenters. The monoisotopic (exact) mass is 202 g/mol. The molecule has 0 radical (unpaired) electrons. The molecule has 0 saturated carbocycles. The molecule has 2 aromatic rings. The van der Waals surface area contributed by atoms with E-state index >= 15 is 0 Å². The Kier molecular flexibility index (Phi) is 2.78. The minimum atomic E-state index is 0.620. The summed E-state index contributed by atoms with van der Waals surface area (Å²) in [5.41, 5.74) is 6.49. The second-order valence-corrected chi connectivity index (χ2v) is 3.42. The van der Waals surface area contributed by atoms with Gasteiger partial charge in [0.05, 0.1) is 5.52 Å². The standard InChI is InChI=1S/C11H14N4/c1-15(7-6-12)11-9-4-2-3-5-10(9)13-8-14-11/h2-5,8H,6-7,12H2,1H3. The number of aromatic nitrogens is 2. The van der Waals surface area contributed by atoms with Crippen LogP contribution in [0, 0.1) is 0 Å². The minimum Gasteiger partial charge on any atom is -0.358 e. The quantitative estimate of drug-likeness (QED) is 0.807. The third kappa shape index (κ3) is 1.89. The lowest BCUT2D eigenvalue weighted by molar-refractivity contribution is 0.870. The van der Waals surface area contributed by atoms with E-state index in [1.165, 1.54) is 0 Å². The lowest BCUT2D eigenvalue weighted by Gasteiger charge is -2.18. The van der Waals surface area contributed by atoms with Gasteiger partial charge in [-0.15, -0.1) is 0 Å². The Bertz CT molecular complexity index is 450. The Morgan fingerprint density at radius 3 is 2.87 bits per heavy atom. The number of nitrogens with two attached hydrogens (primary N) is 1. The lowest BCUT2D eigenvalue weighted by atomic mass is 10.2. The number of nitrogens with zero attached hydrogens (tertiary/aromatic N) is 3. The highest BCUT2D eigenvalue weighted by Crippen LogP contribution is 2.20. The fourth-order valence-corrected chi connectivity index (χ4v) is 1.59. The molecule has 0 aliphatic heterocycles. The van der Waals surface area contributed by atoms with Crippen LogP contribution in [0.1, 0.15) is 0 Å². The highest BCUT2D eigenvalue weighted by atomic mass is 15.2. The molecule has 0 bridgehead atoms. The Morgan fingerprint density at radius 1 is 1.27 bits per heavy atom. The molecule has 1 heterocycles. The molecule has 0 aliphatic carbocycles. The zero-order valence-electron chi connectivity index (χ0n) is 8.72. The zero-order chi connectivity index (χ0) is 10.7. The van der Waals surface area contributed by atoms with Gasteiger partial charge >= 0.3 is 0 Å². The van der Waals surface area contributed by atoms with Gasteiger partial charge in [0, 0.05) is 25.5 Å². The van der Waals surface area contributed by atoms with E-state index in [2.05, 4.69) is 9.97 Å². The predicted octanol–water partition coefficient (Wildman–Crippen LogP) is 1.02. The molecule has 15 heavy (non-hydrogen) atoms. The van der Waals surface area contributed by atoms with Gasteiger partial charge in [0.2, 0.25) is 0 Å². The molecule has 2 rings (SSSR count). The average Bonchev–Trinajstić information content (AvgIpc) is 2.28. The van der Waals surface area contributed by atoms with Gasteiger partial charge < -0.3 is 10.6 Å². The van der Waals surface area contributed by atoms with Crippen LogP contribution in [0.25, 0.3) is 10.9 Å². The second kappa shape index (κ2) is 4.23. The van der Waals surface area contributed by atoms with Crippen molar-refractivity contribution in [1.82, 2.24) is 9.97 Å². The number of para-hydroxylation sites is 1. The number of rotatable bonds is 3. The number of fused-ring (bicyclic) bond motifs is 1. The number of benzene rings is 1. The summed E-state index contributed by atoms with van der Waals surface area (Å²) in [6, 6.07) is 7.97. The smallest absolute Gasteiger partial charge is 0.139 e. The van der Waals surface area contributed by atoms with Gasteiger partial charge in [-0.1, -0.05) is 12.1 Å². The van der Waals surface area contributed by atoms with Gasteiger partial charge in [-0.3, -0.25) is 0 Å². The molecule has 2 N–H and O–H groups in total. The van der Waals surface area contributed by atoms with E-state index in [1.54, 1.807) is 6.33 Å². The van der Waals surface area contributed by atoms with Gasteiger partial charge in [-0.2, -0.15) is 0 Å². The van der Waals surface area contributed by atoms with Crippen LogP contribution >= 0.6 is 0 Å². The molecule has 78 valence electrons. The van der Waals surface area contributed by atoms with Crippen LogP contribution in [0.5, 0.6) is 0 Å². The maximum absolute atomic E-state index is 5.53. The first-order chi connectivity index (χ1) is 7.33. The fraction of sp³-hybridized carbons (Fsp3) is 0.273. The predicted molar refractivity (Wildman–Crippen MR) is 61.9 cm³/mol. The van der Waals surface area contributed by atoms with Crippen LogP contribution in [0.2, 0.25) is 0 Å². The van der Waals surface area contributed by atoms with Crippen molar-refractivity contribution in [3.8, 4) is 0 Å². The first kappa shape index (κ1) is 9.86. The Balaban J connectivity index is 2.50. The van der Waals surface area contributed by atoms with E-state index in [9.17, 15) is 0 Å². The maximum Gasteiger partial charge on any atom is 0.139 e. The molecule has 1 aromatic carbocycles. The topological polar surface area (TPSA) is 55.0 Å². The molecule has 4 nitrogen and oxygen atoms in total. The molecular weight excluding hydrogens is 188 g/mol. The van der Waals surface area contributed by atoms with Crippen LogP contribution < -0.4 is 10.6 Å². The van der Waals surface area contributed by atoms with Crippen molar-refractivity contribution < 1.29 is 0 Å². The summed E-state index contributed by atoms with van der Waals surface area (Å²) in [5.74, 6) is 0.936. The summed E-state index contributed by atoms with van der Waals surface area (Å²) in [4.78, 5) is 10.5. The molecule has 0 saturated heterocycles. The van der Waals surface area contributed by atoms with Crippen molar-refractivity contribution in [2.24, 2.45) is 5.73 Å². The van der Waals surface area contributed by atoms with Crippen molar-refractivity contribution in [3.05, 3.63) is 30.6 Å². The van der Waals surface area contributed by atoms with Crippen LogP contribution in [-0.4, -0.2) is 30.1 Å². The van der Waals surface area contributed by atoms with E-state index < -0.39 is 0 Å². The van der Waals surface area contributed by atoms with Crippen molar-refractivity contribution in [3.63, 3.8) is 0 Å². The van der Waals surface area contributed by atoms with Crippen LogP contribution in [0.15, 0.2) is 30.6 Å². The highest BCUT2D eigenvalue weighted by Gasteiger charge is 2.06. The van der Waals surface area contributed by atoms with Crippen molar-refractivity contribution in [2.45, 2.75) is 0 Å². The highest BCUT2D eigenvalue weighted by molar-refractivity contribution is 5.88. The summed E-state index contributed by atoms with van der Waals surface area (Å²) < 4.78 is 0. The van der Waals surface area contributed by atoms with Gasteiger partial charge in [0.15, 0.2) is 0 Å². The number of hydrogen-bond donors (Lipinski definition) is 1. The fourth-order valence-electron chi connectivity index (χ4n) is 1.59. The van der Waals surface area contributed by atoms with E-state index in [-0.39, 0.29) is 0 Å². The van der Waals surface area contributed by atoms with Gasteiger partial charge in [-0.05, 0) is 12.1 Å². The zero-order valence-corrected chi connectivity index (χ0v) is 8.72. The Labute approximate surface area is 88.7 Å². The summed E-state index contributed by atoms with van der Waals surface area (Å²) in [5, 5.41) is 1.07. The van der Waals surface area contributed by atoms with Gasteiger partial charge in [-0.25, -0.2) is 9.97 Å². The summed E-state index contributed by atoms with van der Waals surface area (Å²) >= 11 is 0. The third-order valence-electron chi connectivity index (χ3n) is 2.35. The van der Waals surface area contributed by atoms with E-state index in [0.29, 0.717) is 6.54 Å².